The molecule has 0 aliphatic carbocycles. The summed E-state index contributed by atoms with van der Waals surface area (Å²) in [6, 6.07) is -0.0602. The topological polar surface area (TPSA) is 32.3 Å². The van der Waals surface area contributed by atoms with Crippen molar-refractivity contribution in [2.24, 2.45) is 0 Å². The molecular weight excluding hydrogens is 176 g/mol. The van der Waals surface area contributed by atoms with Crippen molar-refractivity contribution in [3.05, 3.63) is 36.1 Å². The van der Waals surface area contributed by atoms with Crippen LogP contribution in [-0.4, -0.2) is 24.5 Å². The maximum absolute atomic E-state index is 11.5. The van der Waals surface area contributed by atoms with Crippen LogP contribution in [0.2, 0.25) is 0 Å². The average Bonchev–Trinajstić information content (AvgIpc) is 2.29. The number of nitrogens with one attached hydrogen (secondary N) is 1. The fraction of sp³-hybridized carbons (Fsp3) is 0.364. The van der Waals surface area contributed by atoms with Gasteiger partial charge in [0, 0.05) is 19.3 Å². The Hall–Kier alpha value is -1.51. The molecule has 0 aromatic heterocycles. The number of amides is 2. The standard InChI is InChI=1S/C11H16N2O/c1-4-6-10-9(5-2)7-8-13(3)11(14)12-10/h4-6H,1,7-8H2,2-3H3,(H,12,14)/b9-5-,10-6+. The molecule has 1 rings (SSSR count). The quantitative estimate of drug-likeness (QED) is 0.677. The SMILES string of the molecule is C=C/C=C1/NC(=O)N(C)CC/C1=C/C. The molecule has 14 heavy (non-hydrogen) atoms. The van der Waals surface area contributed by atoms with E-state index in [4.69, 9.17) is 0 Å². The third-order valence-corrected chi connectivity index (χ3v) is 2.28. The summed E-state index contributed by atoms with van der Waals surface area (Å²) >= 11 is 0. The van der Waals surface area contributed by atoms with Crippen molar-refractivity contribution in [1.82, 2.24) is 10.2 Å². The highest BCUT2D eigenvalue weighted by Gasteiger charge is 2.17. The summed E-state index contributed by atoms with van der Waals surface area (Å²) in [7, 11) is 1.79. The Morgan fingerprint density at radius 3 is 2.86 bits per heavy atom. The zero-order valence-corrected chi connectivity index (χ0v) is 8.71. The van der Waals surface area contributed by atoms with Gasteiger partial charge in [0.2, 0.25) is 0 Å². The van der Waals surface area contributed by atoms with Crippen molar-refractivity contribution >= 4 is 6.03 Å². The summed E-state index contributed by atoms with van der Waals surface area (Å²) < 4.78 is 0. The number of urea groups is 1. The van der Waals surface area contributed by atoms with E-state index >= 15 is 0 Å². The second-order valence-electron chi connectivity index (χ2n) is 3.23. The van der Waals surface area contributed by atoms with Crippen LogP contribution in [-0.2, 0) is 0 Å². The summed E-state index contributed by atoms with van der Waals surface area (Å²) in [5.41, 5.74) is 2.01. The van der Waals surface area contributed by atoms with Crippen molar-refractivity contribution in [1.29, 1.82) is 0 Å². The van der Waals surface area contributed by atoms with Crippen molar-refractivity contribution < 1.29 is 4.79 Å². The largest absolute Gasteiger partial charge is 0.327 e. The third-order valence-electron chi connectivity index (χ3n) is 2.28. The molecule has 0 aromatic rings. The van der Waals surface area contributed by atoms with Crippen LogP contribution in [0.5, 0.6) is 0 Å². The molecule has 1 aliphatic heterocycles. The van der Waals surface area contributed by atoms with E-state index in [2.05, 4.69) is 11.9 Å². The average molecular weight is 192 g/mol. The lowest BCUT2D eigenvalue weighted by Crippen LogP contribution is -2.34. The summed E-state index contributed by atoms with van der Waals surface area (Å²) in [5, 5.41) is 2.84. The maximum atomic E-state index is 11.5. The first-order valence-electron chi connectivity index (χ1n) is 4.69. The number of allylic oxidation sites excluding steroid dienone is 4. The van der Waals surface area contributed by atoms with E-state index in [0.29, 0.717) is 0 Å². The van der Waals surface area contributed by atoms with Gasteiger partial charge in [0.15, 0.2) is 0 Å². The van der Waals surface area contributed by atoms with Crippen LogP contribution in [0.3, 0.4) is 0 Å². The van der Waals surface area contributed by atoms with Gasteiger partial charge in [-0.25, -0.2) is 4.79 Å². The minimum atomic E-state index is -0.0602. The highest BCUT2D eigenvalue weighted by Crippen LogP contribution is 2.15. The first-order valence-corrected chi connectivity index (χ1v) is 4.69. The monoisotopic (exact) mass is 192 g/mol. The summed E-state index contributed by atoms with van der Waals surface area (Å²) in [5.74, 6) is 0. The third kappa shape index (κ3) is 2.25. The van der Waals surface area contributed by atoms with Gasteiger partial charge in [0.1, 0.15) is 0 Å². The number of carbonyl (C=O) groups excluding carboxylic acids is 1. The maximum Gasteiger partial charge on any atom is 0.321 e. The molecular formula is C11H16N2O. The molecule has 0 spiro atoms. The van der Waals surface area contributed by atoms with Crippen molar-refractivity contribution in [2.75, 3.05) is 13.6 Å². The highest BCUT2D eigenvalue weighted by atomic mass is 16.2. The zero-order valence-electron chi connectivity index (χ0n) is 8.71. The van der Waals surface area contributed by atoms with E-state index in [9.17, 15) is 4.79 Å². The lowest BCUT2D eigenvalue weighted by atomic mass is 10.1. The second-order valence-corrected chi connectivity index (χ2v) is 3.23. The summed E-state index contributed by atoms with van der Waals surface area (Å²) in [4.78, 5) is 13.1. The smallest absolute Gasteiger partial charge is 0.321 e. The Bertz CT molecular complexity index is 302. The van der Waals surface area contributed by atoms with Crippen LogP contribution >= 0.6 is 0 Å². The van der Waals surface area contributed by atoms with Gasteiger partial charge in [-0.05, 0) is 25.0 Å². The number of hydrogen-bond acceptors (Lipinski definition) is 1. The molecule has 3 nitrogen and oxygen atoms in total. The molecule has 1 fully saturated rings. The van der Waals surface area contributed by atoms with Gasteiger partial charge in [0.25, 0.3) is 0 Å². The Balaban J connectivity index is 2.95. The number of nitrogens with zero attached hydrogens (tertiary/aromatic N) is 1. The van der Waals surface area contributed by atoms with Crippen LogP contribution in [0.1, 0.15) is 13.3 Å². The van der Waals surface area contributed by atoms with Crippen molar-refractivity contribution in [3.63, 3.8) is 0 Å². The number of carbonyl (C=O) groups is 1. The van der Waals surface area contributed by atoms with Gasteiger partial charge < -0.3 is 10.2 Å². The van der Waals surface area contributed by atoms with Gasteiger partial charge in [-0.3, -0.25) is 0 Å². The molecule has 2 amide bonds. The van der Waals surface area contributed by atoms with Crippen LogP contribution in [0, 0.1) is 0 Å². The van der Waals surface area contributed by atoms with Crippen LogP contribution in [0.15, 0.2) is 36.1 Å². The zero-order chi connectivity index (χ0) is 10.6. The molecule has 1 N–H and O–H groups in total. The van der Waals surface area contributed by atoms with Crippen LogP contribution in [0.4, 0.5) is 4.79 Å². The van der Waals surface area contributed by atoms with E-state index in [1.165, 1.54) is 0 Å². The summed E-state index contributed by atoms with van der Waals surface area (Å²) in [6.07, 6.45) is 6.41. The van der Waals surface area contributed by atoms with Gasteiger partial charge in [-0.15, -0.1) is 0 Å². The minimum Gasteiger partial charge on any atom is -0.327 e. The van der Waals surface area contributed by atoms with Crippen LogP contribution < -0.4 is 5.32 Å². The molecule has 0 aromatic carbocycles. The number of rotatable bonds is 1. The lowest BCUT2D eigenvalue weighted by Gasteiger charge is -2.12. The van der Waals surface area contributed by atoms with E-state index in [0.717, 1.165) is 24.2 Å². The Labute approximate surface area is 84.8 Å². The molecule has 1 heterocycles. The molecule has 0 atom stereocenters. The van der Waals surface area contributed by atoms with Gasteiger partial charge >= 0.3 is 6.03 Å². The first kappa shape index (κ1) is 10.6. The molecule has 3 heteroatoms. The minimum absolute atomic E-state index is 0.0602. The van der Waals surface area contributed by atoms with Gasteiger partial charge in [0.05, 0.1) is 0 Å². The molecule has 0 radical (unpaired) electrons. The molecule has 76 valence electrons. The first-order chi connectivity index (χ1) is 6.69. The molecule has 1 saturated heterocycles. The molecule has 0 bridgehead atoms. The number of hydrogen-bond donors (Lipinski definition) is 1. The van der Waals surface area contributed by atoms with Crippen LogP contribution in [0.25, 0.3) is 0 Å². The van der Waals surface area contributed by atoms with E-state index in [1.807, 2.05) is 19.1 Å². The van der Waals surface area contributed by atoms with Gasteiger partial charge in [-0.2, -0.15) is 0 Å². The van der Waals surface area contributed by atoms with Gasteiger partial charge in [-0.1, -0.05) is 18.7 Å². The molecule has 0 saturated carbocycles. The van der Waals surface area contributed by atoms with E-state index in [-0.39, 0.29) is 6.03 Å². The second kappa shape index (κ2) is 4.65. The van der Waals surface area contributed by atoms with E-state index in [1.54, 1.807) is 18.0 Å². The fourth-order valence-corrected chi connectivity index (χ4v) is 1.38. The Kier molecular flexibility index (Phi) is 3.51. The lowest BCUT2D eigenvalue weighted by molar-refractivity contribution is 0.214. The predicted octanol–water partition coefficient (Wildman–Crippen LogP) is 2.05. The highest BCUT2D eigenvalue weighted by molar-refractivity contribution is 5.77. The van der Waals surface area contributed by atoms with E-state index < -0.39 is 0 Å². The Morgan fingerprint density at radius 1 is 1.57 bits per heavy atom. The molecule has 0 unspecified atom stereocenters. The fourth-order valence-electron chi connectivity index (χ4n) is 1.38. The molecule has 1 aliphatic rings. The summed E-state index contributed by atoms with van der Waals surface area (Å²) in [6.45, 7) is 6.36. The van der Waals surface area contributed by atoms with Crippen molar-refractivity contribution in [3.8, 4) is 0 Å². The normalized spacial score (nSPS) is 23.6. The Morgan fingerprint density at radius 2 is 2.29 bits per heavy atom. The van der Waals surface area contributed by atoms with Crippen molar-refractivity contribution in [2.45, 2.75) is 13.3 Å². The predicted molar refractivity (Wildman–Crippen MR) is 57.8 cm³/mol.